The molecule has 0 amide bonds. The first-order chi connectivity index (χ1) is 9.81. The maximum absolute atomic E-state index is 5.62. The van der Waals surface area contributed by atoms with Crippen LogP contribution in [0.3, 0.4) is 0 Å². The highest BCUT2D eigenvalue weighted by Gasteiger charge is 2.10. The third-order valence-corrected chi connectivity index (χ3v) is 2.92. The smallest absolute Gasteiger partial charge is 0.119 e. The third-order valence-electron chi connectivity index (χ3n) is 2.92. The van der Waals surface area contributed by atoms with Crippen molar-refractivity contribution in [2.24, 2.45) is 0 Å². The van der Waals surface area contributed by atoms with Gasteiger partial charge in [-0.2, -0.15) is 0 Å². The summed E-state index contributed by atoms with van der Waals surface area (Å²) in [5.74, 6) is 0.922. The molecule has 1 rings (SSSR count). The molecule has 0 spiro atoms. The van der Waals surface area contributed by atoms with Crippen molar-refractivity contribution in [3.05, 3.63) is 29.8 Å². The molecule has 1 aromatic carbocycles. The van der Waals surface area contributed by atoms with Gasteiger partial charge in [-0.05, 0) is 30.7 Å². The third kappa shape index (κ3) is 6.37. The molecule has 1 atom stereocenters. The molecule has 0 aliphatic carbocycles. The van der Waals surface area contributed by atoms with E-state index in [0.29, 0.717) is 19.8 Å². The van der Waals surface area contributed by atoms with Gasteiger partial charge in [0.15, 0.2) is 0 Å². The van der Waals surface area contributed by atoms with E-state index in [1.807, 2.05) is 12.1 Å². The van der Waals surface area contributed by atoms with Crippen LogP contribution in [0.25, 0.3) is 0 Å². The van der Waals surface area contributed by atoms with Gasteiger partial charge in [-0.3, -0.25) is 0 Å². The fourth-order valence-corrected chi connectivity index (χ4v) is 1.88. The molecule has 1 aromatic rings. The molecule has 0 saturated carbocycles. The van der Waals surface area contributed by atoms with Crippen molar-refractivity contribution in [3.8, 4) is 5.75 Å². The molecule has 0 saturated heterocycles. The molecule has 0 fully saturated rings. The number of likely N-dealkylation sites (N-methyl/N-ethyl adjacent to an activating group) is 1. The fraction of sp³-hybridized carbons (Fsp3) is 0.625. The SMILES string of the molecule is CCCOc1ccc(C(COCCOC)NCC)cc1. The van der Waals surface area contributed by atoms with Crippen LogP contribution < -0.4 is 10.1 Å². The molecule has 0 aliphatic heterocycles. The first-order valence-corrected chi connectivity index (χ1v) is 7.34. The number of hydrogen-bond acceptors (Lipinski definition) is 4. The second kappa shape index (κ2) is 10.7. The summed E-state index contributed by atoms with van der Waals surface area (Å²) < 4.78 is 16.2. The van der Waals surface area contributed by atoms with E-state index in [2.05, 4.69) is 31.3 Å². The Hall–Kier alpha value is -1.10. The predicted octanol–water partition coefficient (Wildman–Crippen LogP) is 2.79. The zero-order chi connectivity index (χ0) is 14.6. The van der Waals surface area contributed by atoms with Gasteiger partial charge in [-0.15, -0.1) is 0 Å². The largest absolute Gasteiger partial charge is 0.494 e. The maximum Gasteiger partial charge on any atom is 0.119 e. The van der Waals surface area contributed by atoms with Gasteiger partial charge in [0.05, 0.1) is 32.5 Å². The number of hydrogen-bond donors (Lipinski definition) is 1. The lowest BCUT2D eigenvalue weighted by atomic mass is 10.1. The number of benzene rings is 1. The zero-order valence-electron chi connectivity index (χ0n) is 12.9. The maximum atomic E-state index is 5.62. The van der Waals surface area contributed by atoms with Crippen LogP contribution >= 0.6 is 0 Å². The number of methoxy groups -OCH3 is 1. The molecule has 0 bridgehead atoms. The van der Waals surface area contributed by atoms with Gasteiger partial charge in [0.1, 0.15) is 5.75 Å². The number of rotatable bonds is 11. The lowest BCUT2D eigenvalue weighted by Crippen LogP contribution is -2.26. The van der Waals surface area contributed by atoms with Gasteiger partial charge in [-0.1, -0.05) is 26.0 Å². The van der Waals surface area contributed by atoms with Crippen LogP contribution in [-0.4, -0.2) is 40.1 Å². The van der Waals surface area contributed by atoms with Crippen LogP contribution in [-0.2, 0) is 9.47 Å². The highest BCUT2D eigenvalue weighted by atomic mass is 16.5. The summed E-state index contributed by atoms with van der Waals surface area (Å²) >= 11 is 0. The summed E-state index contributed by atoms with van der Waals surface area (Å²) in [6, 6.07) is 8.43. The van der Waals surface area contributed by atoms with E-state index in [1.54, 1.807) is 7.11 Å². The van der Waals surface area contributed by atoms with Gasteiger partial charge < -0.3 is 19.5 Å². The van der Waals surface area contributed by atoms with Crippen LogP contribution in [0.1, 0.15) is 31.9 Å². The van der Waals surface area contributed by atoms with E-state index >= 15 is 0 Å². The van der Waals surface area contributed by atoms with Gasteiger partial charge in [0.25, 0.3) is 0 Å². The Morgan fingerprint density at radius 1 is 1.05 bits per heavy atom. The Morgan fingerprint density at radius 2 is 1.80 bits per heavy atom. The normalized spacial score (nSPS) is 12.3. The van der Waals surface area contributed by atoms with Crippen molar-refractivity contribution in [2.45, 2.75) is 26.3 Å². The van der Waals surface area contributed by atoms with E-state index in [0.717, 1.165) is 25.3 Å². The summed E-state index contributed by atoms with van der Waals surface area (Å²) in [4.78, 5) is 0. The second-order valence-electron chi connectivity index (χ2n) is 4.60. The van der Waals surface area contributed by atoms with E-state index in [9.17, 15) is 0 Å². The minimum Gasteiger partial charge on any atom is -0.494 e. The van der Waals surface area contributed by atoms with Gasteiger partial charge >= 0.3 is 0 Å². The van der Waals surface area contributed by atoms with Crippen LogP contribution in [0.5, 0.6) is 5.75 Å². The zero-order valence-corrected chi connectivity index (χ0v) is 12.9. The number of nitrogens with one attached hydrogen (secondary N) is 1. The summed E-state index contributed by atoms with van der Waals surface area (Å²) in [6.45, 7) is 7.77. The average Bonchev–Trinajstić information content (AvgIpc) is 2.49. The van der Waals surface area contributed by atoms with Gasteiger partial charge in [-0.25, -0.2) is 0 Å². The predicted molar refractivity (Wildman–Crippen MR) is 81.3 cm³/mol. The average molecular weight is 281 g/mol. The van der Waals surface area contributed by atoms with E-state index in [4.69, 9.17) is 14.2 Å². The molecule has 0 aliphatic rings. The molecule has 4 nitrogen and oxygen atoms in total. The van der Waals surface area contributed by atoms with Crippen LogP contribution in [0.15, 0.2) is 24.3 Å². The van der Waals surface area contributed by atoms with Gasteiger partial charge in [0, 0.05) is 7.11 Å². The quantitative estimate of drug-likeness (QED) is 0.633. The Labute approximate surface area is 122 Å². The minimum absolute atomic E-state index is 0.206. The lowest BCUT2D eigenvalue weighted by Gasteiger charge is -2.19. The van der Waals surface area contributed by atoms with Crippen molar-refractivity contribution < 1.29 is 14.2 Å². The molecule has 4 heteroatoms. The first kappa shape index (κ1) is 17.0. The molecule has 1 N–H and O–H groups in total. The summed E-state index contributed by atoms with van der Waals surface area (Å²) in [5, 5.41) is 3.43. The molecule has 1 unspecified atom stereocenters. The molecule has 0 heterocycles. The molecular weight excluding hydrogens is 254 g/mol. The molecule has 0 radical (unpaired) electrons. The van der Waals surface area contributed by atoms with Crippen molar-refractivity contribution >= 4 is 0 Å². The molecular formula is C16H27NO3. The van der Waals surface area contributed by atoms with Gasteiger partial charge in [0.2, 0.25) is 0 Å². The van der Waals surface area contributed by atoms with Crippen molar-refractivity contribution in [1.82, 2.24) is 5.32 Å². The van der Waals surface area contributed by atoms with E-state index in [1.165, 1.54) is 5.56 Å². The Morgan fingerprint density at radius 3 is 2.40 bits per heavy atom. The van der Waals surface area contributed by atoms with Crippen LogP contribution in [0, 0.1) is 0 Å². The van der Waals surface area contributed by atoms with Crippen molar-refractivity contribution in [3.63, 3.8) is 0 Å². The summed E-state index contributed by atoms with van der Waals surface area (Å²) in [7, 11) is 1.68. The summed E-state index contributed by atoms with van der Waals surface area (Å²) in [6.07, 6.45) is 1.02. The Bertz CT molecular complexity index is 340. The van der Waals surface area contributed by atoms with Crippen LogP contribution in [0.4, 0.5) is 0 Å². The standard InChI is InChI=1S/C16H27NO3/c1-4-10-20-15-8-6-14(7-9-15)16(17-5-2)13-19-12-11-18-3/h6-9,16-17H,4-5,10-13H2,1-3H3. The van der Waals surface area contributed by atoms with Crippen molar-refractivity contribution in [2.75, 3.05) is 40.1 Å². The highest BCUT2D eigenvalue weighted by Crippen LogP contribution is 2.18. The van der Waals surface area contributed by atoms with Crippen LogP contribution in [0.2, 0.25) is 0 Å². The highest BCUT2D eigenvalue weighted by molar-refractivity contribution is 5.29. The Kier molecular flexibility index (Phi) is 9.04. The monoisotopic (exact) mass is 281 g/mol. The lowest BCUT2D eigenvalue weighted by molar-refractivity contribution is 0.0588. The summed E-state index contributed by atoms with van der Waals surface area (Å²) in [5.41, 5.74) is 1.22. The minimum atomic E-state index is 0.206. The Balaban J connectivity index is 2.52. The molecule has 114 valence electrons. The topological polar surface area (TPSA) is 39.7 Å². The fourth-order valence-electron chi connectivity index (χ4n) is 1.88. The van der Waals surface area contributed by atoms with E-state index < -0.39 is 0 Å². The number of ether oxygens (including phenoxy) is 3. The van der Waals surface area contributed by atoms with E-state index in [-0.39, 0.29) is 6.04 Å². The second-order valence-corrected chi connectivity index (χ2v) is 4.60. The van der Waals surface area contributed by atoms with Crippen molar-refractivity contribution in [1.29, 1.82) is 0 Å². The first-order valence-electron chi connectivity index (χ1n) is 7.34. The molecule has 0 aromatic heterocycles. The molecule has 20 heavy (non-hydrogen) atoms.